The first-order valence-electron chi connectivity index (χ1n) is 17.3. The van der Waals surface area contributed by atoms with Crippen LogP contribution in [-0.2, 0) is 27.4 Å². The van der Waals surface area contributed by atoms with Gasteiger partial charge in [0.2, 0.25) is 23.5 Å². The lowest BCUT2D eigenvalue weighted by Gasteiger charge is -2.39. The summed E-state index contributed by atoms with van der Waals surface area (Å²) in [6.07, 6.45) is 4.05. The highest BCUT2D eigenvalue weighted by molar-refractivity contribution is 6.01. The summed E-state index contributed by atoms with van der Waals surface area (Å²) in [7, 11) is 0. The van der Waals surface area contributed by atoms with Gasteiger partial charge in [-0.05, 0) is 67.3 Å². The summed E-state index contributed by atoms with van der Waals surface area (Å²) in [5.41, 5.74) is 1.85. The minimum atomic E-state index is -0.447. The normalized spacial score (nSPS) is 19.5. The van der Waals surface area contributed by atoms with Crippen molar-refractivity contribution < 1.29 is 33.2 Å². The van der Waals surface area contributed by atoms with Crippen molar-refractivity contribution in [1.29, 1.82) is 0 Å². The summed E-state index contributed by atoms with van der Waals surface area (Å²) in [6, 6.07) is 16.9. The van der Waals surface area contributed by atoms with E-state index in [9.17, 15) is 19.2 Å². The highest BCUT2D eigenvalue weighted by atomic mass is 16.5. The van der Waals surface area contributed by atoms with Gasteiger partial charge >= 0.3 is 0 Å². The molecule has 2 aromatic heterocycles. The molecule has 1 saturated carbocycles. The van der Waals surface area contributed by atoms with Gasteiger partial charge in [-0.15, -0.1) is 0 Å². The molecule has 3 aliphatic rings. The first kappa shape index (κ1) is 33.8. The summed E-state index contributed by atoms with van der Waals surface area (Å²) < 4.78 is 17.9. The Bertz CT molecular complexity index is 1910. The minimum absolute atomic E-state index is 0.0126. The summed E-state index contributed by atoms with van der Waals surface area (Å²) in [5.74, 6) is 0.342. The number of benzene rings is 2. The third-order valence-corrected chi connectivity index (χ3v) is 9.11. The number of nitrogens with zero attached hydrogens (tertiary/aromatic N) is 5. The number of aromatic nitrogens is 3. The van der Waals surface area contributed by atoms with Crippen molar-refractivity contribution >= 4 is 23.6 Å². The van der Waals surface area contributed by atoms with Crippen LogP contribution in [0.4, 0.5) is 0 Å². The summed E-state index contributed by atoms with van der Waals surface area (Å²) in [4.78, 5) is 65.6. The maximum Gasteiger partial charge on any atom is 0.254 e. The largest absolute Gasteiger partial charge is 0.457 e. The number of piperidine rings is 1. The van der Waals surface area contributed by atoms with Crippen LogP contribution < -0.4 is 15.4 Å². The third-order valence-electron chi connectivity index (χ3n) is 9.11. The van der Waals surface area contributed by atoms with E-state index in [1.165, 1.54) is 6.07 Å². The molecule has 4 aromatic rings. The monoisotopic (exact) mass is 693 g/mol. The molecule has 2 atom stereocenters. The van der Waals surface area contributed by atoms with Crippen molar-refractivity contribution in [2.45, 2.75) is 63.8 Å². The van der Waals surface area contributed by atoms with Crippen LogP contribution in [0.1, 0.15) is 64.8 Å². The third kappa shape index (κ3) is 8.23. The molecule has 0 spiro atoms. The molecule has 1 aliphatic carbocycles. The zero-order chi connectivity index (χ0) is 35.3. The van der Waals surface area contributed by atoms with Crippen molar-refractivity contribution in [1.82, 2.24) is 35.6 Å². The predicted molar refractivity (Wildman–Crippen MR) is 183 cm³/mol. The van der Waals surface area contributed by atoms with E-state index in [1.807, 2.05) is 31.2 Å². The summed E-state index contributed by atoms with van der Waals surface area (Å²) in [6.45, 7) is 2.95. The SMILES string of the molecule is CCC(=O)N1CC[C@@H]2OCc3cccc(c3)Oc3cc(C(=O)NCCc4nc(-c5ccccn5)no4)cc(c3)C(=O)N(C3CC3)CC(=O)N[C@@H]2C1. The Morgan fingerprint density at radius 1 is 1.02 bits per heavy atom. The number of ether oxygens (including phenoxy) is 2. The van der Waals surface area contributed by atoms with E-state index in [0.29, 0.717) is 54.8 Å². The van der Waals surface area contributed by atoms with E-state index < -0.39 is 11.9 Å². The Labute approximate surface area is 294 Å². The maximum atomic E-state index is 14.1. The van der Waals surface area contributed by atoms with Gasteiger partial charge in [0.25, 0.3) is 11.8 Å². The van der Waals surface area contributed by atoms with Crippen LogP contribution in [0.25, 0.3) is 11.5 Å². The van der Waals surface area contributed by atoms with Crippen molar-refractivity contribution in [2.24, 2.45) is 0 Å². The molecule has 2 aromatic carbocycles. The molecule has 4 amide bonds. The second-order valence-corrected chi connectivity index (χ2v) is 12.9. The summed E-state index contributed by atoms with van der Waals surface area (Å²) >= 11 is 0. The van der Waals surface area contributed by atoms with E-state index >= 15 is 0 Å². The molecule has 0 unspecified atom stereocenters. The molecule has 4 heterocycles. The highest BCUT2D eigenvalue weighted by Crippen LogP contribution is 2.31. The lowest BCUT2D eigenvalue weighted by molar-refractivity contribution is -0.137. The van der Waals surface area contributed by atoms with Crippen molar-refractivity contribution in [3.63, 3.8) is 0 Å². The van der Waals surface area contributed by atoms with Gasteiger partial charge in [0.15, 0.2) is 0 Å². The van der Waals surface area contributed by atoms with E-state index in [0.717, 1.165) is 18.4 Å². The lowest BCUT2D eigenvalue weighted by Crippen LogP contribution is -2.58. The molecule has 2 N–H and O–H groups in total. The highest BCUT2D eigenvalue weighted by Gasteiger charge is 2.37. The maximum absolute atomic E-state index is 14.1. The van der Waals surface area contributed by atoms with Crippen molar-refractivity contribution in [3.8, 4) is 23.0 Å². The van der Waals surface area contributed by atoms with Crippen LogP contribution in [0.5, 0.6) is 11.5 Å². The Kier molecular flexibility index (Phi) is 10.0. The van der Waals surface area contributed by atoms with Gasteiger partial charge in [0.1, 0.15) is 23.7 Å². The van der Waals surface area contributed by atoms with Crippen LogP contribution in [0.15, 0.2) is 71.4 Å². The zero-order valence-corrected chi connectivity index (χ0v) is 28.2. The number of carbonyl (C=O) groups excluding carboxylic acids is 4. The average molecular weight is 694 g/mol. The number of likely N-dealkylation sites (tertiary alicyclic amines) is 1. The van der Waals surface area contributed by atoms with Gasteiger partial charge in [-0.2, -0.15) is 4.98 Å². The molecule has 2 aliphatic heterocycles. The number of carbonyl (C=O) groups is 4. The molecule has 14 nitrogen and oxygen atoms in total. The second kappa shape index (κ2) is 15.1. The molecule has 51 heavy (non-hydrogen) atoms. The van der Waals surface area contributed by atoms with Crippen molar-refractivity contribution in [3.05, 3.63) is 89.4 Å². The quantitative estimate of drug-likeness (QED) is 0.292. The number of amides is 4. The van der Waals surface area contributed by atoms with E-state index in [-0.39, 0.29) is 67.1 Å². The fourth-order valence-electron chi connectivity index (χ4n) is 6.34. The van der Waals surface area contributed by atoms with Crippen LogP contribution in [0.2, 0.25) is 0 Å². The molecular formula is C37H39N7O7. The number of nitrogens with one attached hydrogen (secondary N) is 2. The van der Waals surface area contributed by atoms with Gasteiger partial charge in [0.05, 0.1) is 18.8 Å². The molecule has 0 radical (unpaired) electrons. The Morgan fingerprint density at radius 3 is 2.71 bits per heavy atom. The number of hydrogen-bond acceptors (Lipinski definition) is 10. The Balaban J connectivity index is 1.12. The first-order valence-corrected chi connectivity index (χ1v) is 17.3. The van der Waals surface area contributed by atoms with Gasteiger partial charge in [0, 0.05) is 55.8 Å². The van der Waals surface area contributed by atoms with Gasteiger partial charge < -0.3 is 34.4 Å². The zero-order valence-electron chi connectivity index (χ0n) is 28.2. The van der Waals surface area contributed by atoms with Gasteiger partial charge in [-0.25, -0.2) is 0 Å². The first-order chi connectivity index (χ1) is 24.8. The predicted octanol–water partition coefficient (Wildman–Crippen LogP) is 3.53. The van der Waals surface area contributed by atoms with E-state index in [4.69, 9.17) is 14.0 Å². The van der Waals surface area contributed by atoms with Crippen molar-refractivity contribution in [2.75, 3.05) is 26.2 Å². The van der Waals surface area contributed by atoms with Crippen LogP contribution in [-0.4, -0.2) is 92.9 Å². The van der Waals surface area contributed by atoms with Crippen LogP contribution in [0.3, 0.4) is 0 Å². The smallest absolute Gasteiger partial charge is 0.254 e. The molecule has 264 valence electrons. The molecule has 4 bridgehead atoms. The Morgan fingerprint density at radius 2 is 1.90 bits per heavy atom. The molecule has 2 fully saturated rings. The molecular weight excluding hydrogens is 654 g/mol. The van der Waals surface area contributed by atoms with Crippen LogP contribution in [0, 0.1) is 0 Å². The summed E-state index contributed by atoms with van der Waals surface area (Å²) in [5, 5.41) is 9.91. The second-order valence-electron chi connectivity index (χ2n) is 12.9. The van der Waals surface area contributed by atoms with Gasteiger partial charge in [-0.3, -0.25) is 24.2 Å². The van der Waals surface area contributed by atoms with E-state index in [1.54, 1.807) is 46.3 Å². The molecule has 1 saturated heterocycles. The lowest BCUT2D eigenvalue weighted by atomic mass is 10.0. The number of fused-ring (bicyclic) bond motifs is 5. The minimum Gasteiger partial charge on any atom is -0.457 e. The van der Waals surface area contributed by atoms with E-state index in [2.05, 4.69) is 25.8 Å². The number of rotatable bonds is 7. The number of pyridine rings is 1. The van der Waals surface area contributed by atoms with Crippen LogP contribution >= 0.6 is 0 Å². The molecule has 7 rings (SSSR count). The molecule has 14 heteroatoms. The fraction of sp³-hybridized carbons (Fsp3) is 0.378. The fourth-order valence-corrected chi connectivity index (χ4v) is 6.34. The topological polar surface area (TPSA) is 169 Å². The average Bonchev–Trinajstić information content (AvgIpc) is 3.89. The van der Waals surface area contributed by atoms with Gasteiger partial charge in [-0.1, -0.05) is 30.3 Å². The Hall–Kier alpha value is -5.63. The standard InChI is InChI=1S/C37H39N7O7/c1-2-34(46)43-15-12-31-30(20-43)40-32(45)21-44(26-9-10-26)37(48)25-17-24(18-28(19-25)50-27-7-5-6-23(16-27)22-49-31)36(47)39-14-11-33-41-35(42-51-33)29-8-3-4-13-38-29/h3-8,13,16-19,26,30-31H,2,9-12,14-15,20-22H2,1H3,(H,39,47)(H,40,45)/t30-,31+/m1/s1. The number of hydrogen-bond donors (Lipinski definition) is 2.